The highest BCUT2D eigenvalue weighted by Crippen LogP contribution is 2.37. The van der Waals surface area contributed by atoms with Crippen molar-refractivity contribution in [2.45, 2.75) is 38.7 Å². The van der Waals surface area contributed by atoms with Crippen molar-refractivity contribution in [1.29, 1.82) is 0 Å². The standard InChI is InChI=1S/C18H20Cl3N3O2/c1-18(7-3-2-4-15(18)25)10-22-14-6-5-11(8-12(14)19)24-17(26)16(21)13(20)9-23-24/h5-6,8-9,15,22,25H,2-4,7,10H2,1H3. The molecule has 1 saturated carbocycles. The summed E-state index contributed by atoms with van der Waals surface area (Å²) >= 11 is 18.1. The number of benzene rings is 1. The van der Waals surface area contributed by atoms with Crippen LogP contribution in [0.1, 0.15) is 32.6 Å². The van der Waals surface area contributed by atoms with Gasteiger partial charge < -0.3 is 10.4 Å². The second kappa shape index (κ2) is 7.77. The molecule has 0 bridgehead atoms. The molecule has 2 unspecified atom stereocenters. The number of anilines is 1. The highest BCUT2D eigenvalue weighted by Gasteiger charge is 2.35. The zero-order chi connectivity index (χ0) is 18.9. The van der Waals surface area contributed by atoms with Crippen LogP contribution in [0.2, 0.25) is 15.1 Å². The first-order chi connectivity index (χ1) is 12.3. The predicted molar refractivity (Wildman–Crippen MR) is 106 cm³/mol. The molecule has 8 heteroatoms. The van der Waals surface area contributed by atoms with Gasteiger partial charge in [0.05, 0.1) is 33.7 Å². The molecule has 0 radical (unpaired) electrons. The maximum Gasteiger partial charge on any atom is 0.291 e. The molecule has 26 heavy (non-hydrogen) atoms. The second-order valence-corrected chi connectivity index (χ2v) is 8.15. The van der Waals surface area contributed by atoms with Gasteiger partial charge in [-0.1, -0.05) is 54.6 Å². The highest BCUT2D eigenvalue weighted by molar-refractivity contribution is 6.41. The molecule has 1 fully saturated rings. The highest BCUT2D eigenvalue weighted by atomic mass is 35.5. The molecule has 1 aliphatic rings. The van der Waals surface area contributed by atoms with Gasteiger partial charge in [-0.05, 0) is 31.0 Å². The number of rotatable bonds is 4. The SMILES string of the molecule is CC1(CNc2ccc(-n3ncc(Cl)c(Cl)c3=O)cc2Cl)CCCCC1O. The lowest BCUT2D eigenvalue weighted by atomic mass is 9.73. The first-order valence-corrected chi connectivity index (χ1v) is 9.60. The van der Waals surface area contributed by atoms with Gasteiger partial charge in [0.25, 0.3) is 5.56 Å². The molecule has 2 N–H and O–H groups in total. The molecule has 1 heterocycles. The summed E-state index contributed by atoms with van der Waals surface area (Å²) in [6.07, 6.45) is 4.99. The van der Waals surface area contributed by atoms with Crippen molar-refractivity contribution >= 4 is 40.5 Å². The van der Waals surface area contributed by atoms with Crippen molar-refractivity contribution in [3.63, 3.8) is 0 Å². The Morgan fingerprint density at radius 2 is 2.08 bits per heavy atom. The van der Waals surface area contributed by atoms with Crippen LogP contribution < -0.4 is 10.9 Å². The Hall–Kier alpha value is -1.27. The lowest BCUT2D eigenvalue weighted by molar-refractivity contribution is 0.00963. The summed E-state index contributed by atoms with van der Waals surface area (Å²) in [6, 6.07) is 5.15. The van der Waals surface area contributed by atoms with Crippen molar-refractivity contribution in [2.75, 3.05) is 11.9 Å². The Morgan fingerprint density at radius 1 is 1.31 bits per heavy atom. The summed E-state index contributed by atoms with van der Waals surface area (Å²) in [6.45, 7) is 2.71. The molecule has 0 aliphatic heterocycles. The van der Waals surface area contributed by atoms with E-state index in [-0.39, 0.29) is 21.6 Å². The molecule has 0 saturated heterocycles. The third-order valence-corrected chi connectivity index (χ3v) is 6.10. The van der Waals surface area contributed by atoms with Gasteiger partial charge in [-0.25, -0.2) is 0 Å². The van der Waals surface area contributed by atoms with Crippen molar-refractivity contribution in [3.8, 4) is 5.69 Å². The summed E-state index contributed by atoms with van der Waals surface area (Å²) in [5.41, 5.74) is 0.548. The summed E-state index contributed by atoms with van der Waals surface area (Å²) in [7, 11) is 0. The van der Waals surface area contributed by atoms with E-state index >= 15 is 0 Å². The van der Waals surface area contributed by atoms with Crippen molar-refractivity contribution in [3.05, 3.63) is 49.8 Å². The summed E-state index contributed by atoms with van der Waals surface area (Å²) in [4.78, 5) is 12.2. The summed E-state index contributed by atoms with van der Waals surface area (Å²) in [5.74, 6) is 0. The Morgan fingerprint density at radius 3 is 2.77 bits per heavy atom. The van der Waals surface area contributed by atoms with Crippen LogP contribution in [0.5, 0.6) is 0 Å². The van der Waals surface area contributed by atoms with E-state index in [1.165, 1.54) is 6.20 Å². The maximum absolute atomic E-state index is 12.2. The van der Waals surface area contributed by atoms with Gasteiger partial charge in [0.15, 0.2) is 0 Å². The van der Waals surface area contributed by atoms with E-state index in [1.54, 1.807) is 18.2 Å². The molecule has 140 valence electrons. The number of aliphatic hydroxyl groups is 1. The third kappa shape index (κ3) is 3.86. The molecule has 2 atom stereocenters. The molecule has 3 rings (SSSR count). The number of nitrogens with zero attached hydrogens (tertiary/aromatic N) is 2. The Labute approximate surface area is 166 Å². The fourth-order valence-electron chi connectivity index (χ4n) is 3.26. The number of nitrogens with one attached hydrogen (secondary N) is 1. The Kier molecular flexibility index (Phi) is 5.82. The fourth-order valence-corrected chi connectivity index (χ4v) is 3.76. The monoisotopic (exact) mass is 415 g/mol. The molecule has 2 aromatic rings. The minimum Gasteiger partial charge on any atom is -0.392 e. The number of hydrogen-bond donors (Lipinski definition) is 2. The zero-order valence-corrected chi connectivity index (χ0v) is 16.6. The average molecular weight is 417 g/mol. The van der Waals surface area contributed by atoms with Crippen molar-refractivity contribution < 1.29 is 5.11 Å². The molecular formula is C18H20Cl3N3O2. The summed E-state index contributed by atoms with van der Waals surface area (Å²) < 4.78 is 1.15. The summed E-state index contributed by atoms with van der Waals surface area (Å²) in [5, 5.41) is 18.1. The normalized spacial score (nSPS) is 23.0. The average Bonchev–Trinajstić information content (AvgIpc) is 2.61. The Bertz CT molecular complexity index is 871. The first-order valence-electron chi connectivity index (χ1n) is 8.47. The molecule has 5 nitrogen and oxygen atoms in total. The quantitative estimate of drug-likeness (QED) is 0.767. The largest absolute Gasteiger partial charge is 0.392 e. The second-order valence-electron chi connectivity index (χ2n) is 6.96. The Balaban J connectivity index is 1.80. The maximum atomic E-state index is 12.2. The molecular weight excluding hydrogens is 397 g/mol. The number of aliphatic hydroxyl groups excluding tert-OH is 1. The fraction of sp³-hybridized carbons (Fsp3) is 0.444. The van der Waals surface area contributed by atoms with Crippen molar-refractivity contribution in [2.24, 2.45) is 5.41 Å². The van der Waals surface area contributed by atoms with Crippen molar-refractivity contribution in [1.82, 2.24) is 9.78 Å². The van der Waals surface area contributed by atoms with Gasteiger partial charge in [0.2, 0.25) is 0 Å². The van der Waals surface area contributed by atoms with Gasteiger partial charge in [0, 0.05) is 12.0 Å². The van der Waals surface area contributed by atoms with Gasteiger partial charge >= 0.3 is 0 Å². The molecule has 0 spiro atoms. The minimum atomic E-state index is -0.506. The third-order valence-electron chi connectivity index (χ3n) is 5.04. The van der Waals surface area contributed by atoms with Crippen LogP contribution in [0.3, 0.4) is 0 Å². The van der Waals surface area contributed by atoms with E-state index in [1.807, 2.05) is 0 Å². The van der Waals surface area contributed by atoms with Crippen LogP contribution in [-0.4, -0.2) is 27.5 Å². The van der Waals surface area contributed by atoms with Crippen LogP contribution in [0, 0.1) is 5.41 Å². The van der Waals surface area contributed by atoms with E-state index in [0.717, 1.165) is 36.1 Å². The van der Waals surface area contributed by atoms with Crippen LogP contribution in [0.15, 0.2) is 29.2 Å². The van der Waals surface area contributed by atoms with E-state index in [2.05, 4.69) is 17.3 Å². The van der Waals surface area contributed by atoms with Crippen LogP contribution in [0.4, 0.5) is 5.69 Å². The van der Waals surface area contributed by atoms with Crippen LogP contribution in [0.25, 0.3) is 5.69 Å². The lowest BCUT2D eigenvalue weighted by Gasteiger charge is -2.38. The molecule has 0 amide bonds. The molecule has 1 aromatic heterocycles. The van der Waals surface area contributed by atoms with E-state index < -0.39 is 5.56 Å². The van der Waals surface area contributed by atoms with Gasteiger partial charge in [-0.15, -0.1) is 0 Å². The molecule has 1 aliphatic carbocycles. The number of aromatic nitrogens is 2. The molecule has 1 aromatic carbocycles. The van der Waals surface area contributed by atoms with Gasteiger partial charge in [-0.3, -0.25) is 4.79 Å². The minimum absolute atomic E-state index is 0.0841. The number of halogens is 3. The number of hydrogen-bond acceptors (Lipinski definition) is 4. The van der Waals surface area contributed by atoms with Gasteiger partial charge in [-0.2, -0.15) is 9.78 Å². The smallest absolute Gasteiger partial charge is 0.291 e. The van der Waals surface area contributed by atoms with E-state index in [4.69, 9.17) is 34.8 Å². The topological polar surface area (TPSA) is 67.2 Å². The predicted octanol–water partition coefficient (Wildman–Crippen LogP) is 4.55. The van der Waals surface area contributed by atoms with E-state index in [0.29, 0.717) is 17.3 Å². The van der Waals surface area contributed by atoms with Gasteiger partial charge in [0.1, 0.15) is 5.02 Å². The van der Waals surface area contributed by atoms with Crippen LogP contribution >= 0.6 is 34.8 Å². The van der Waals surface area contributed by atoms with Crippen LogP contribution in [-0.2, 0) is 0 Å². The first kappa shape index (κ1) is 19.5. The van der Waals surface area contributed by atoms with E-state index in [9.17, 15) is 9.90 Å². The zero-order valence-electron chi connectivity index (χ0n) is 14.3. The lowest BCUT2D eigenvalue weighted by Crippen LogP contribution is -2.41.